The lowest BCUT2D eigenvalue weighted by molar-refractivity contribution is -0.147. The zero-order valence-electron chi connectivity index (χ0n) is 14.3. The fourth-order valence-electron chi connectivity index (χ4n) is 2.52. The Balaban J connectivity index is 2.34. The molecule has 1 saturated heterocycles. The number of aliphatic carboxylic acids is 1. The summed E-state index contributed by atoms with van der Waals surface area (Å²) in [6.45, 7) is 5.09. The van der Waals surface area contributed by atoms with E-state index in [-0.39, 0.29) is 23.7 Å². The molecule has 7 nitrogen and oxygen atoms in total. The van der Waals surface area contributed by atoms with Crippen molar-refractivity contribution in [3.63, 3.8) is 0 Å². The van der Waals surface area contributed by atoms with Crippen LogP contribution in [0.2, 0.25) is 5.02 Å². The average molecular weight is 372 g/mol. The molecular formula is C17H22ClNO6. The molecule has 1 aromatic carbocycles. The van der Waals surface area contributed by atoms with E-state index >= 15 is 0 Å². The van der Waals surface area contributed by atoms with Crippen LogP contribution in [0.15, 0.2) is 12.1 Å². The number of morpholine rings is 1. The number of hydrogen-bond acceptors (Lipinski definition) is 5. The van der Waals surface area contributed by atoms with Crippen LogP contribution in [0.5, 0.6) is 11.5 Å². The average Bonchev–Trinajstić information content (AvgIpc) is 2.60. The molecule has 1 aromatic rings. The molecule has 8 heteroatoms. The van der Waals surface area contributed by atoms with Gasteiger partial charge in [-0.3, -0.25) is 4.79 Å². The summed E-state index contributed by atoms with van der Waals surface area (Å²) in [6.07, 6.45) is 0.802. The van der Waals surface area contributed by atoms with Gasteiger partial charge in [-0.1, -0.05) is 18.5 Å². The highest BCUT2D eigenvalue weighted by Gasteiger charge is 2.34. The monoisotopic (exact) mass is 371 g/mol. The molecule has 0 aromatic heterocycles. The number of rotatable bonds is 7. The third kappa shape index (κ3) is 4.55. The van der Waals surface area contributed by atoms with Crippen molar-refractivity contribution in [2.45, 2.75) is 26.3 Å². The van der Waals surface area contributed by atoms with Gasteiger partial charge in [0.25, 0.3) is 5.91 Å². The predicted molar refractivity (Wildman–Crippen MR) is 91.7 cm³/mol. The molecule has 1 fully saturated rings. The maximum absolute atomic E-state index is 12.8. The Kier molecular flexibility index (Phi) is 6.90. The van der Waals surface area contributed by atoms with E-state index in [1.807, 2.05) is 13.8 Å². The van der Waals surface area contributed by atoms with Gasteiger partial charge in [0.05, 0.1) is 31.5 Å². The summed E-state index contributed by atoms with van der Waals surface area (Å²) in [7, 11) is 0. The van der Waals surface area contributed by atoms with Crippen molar-refractivity contribution in [2.24, 2.45) is 0 Å². The van der Waals surface area contributed by atoms with Gasteiger partial charge in [-0.15, -0.1) is 0 Å². The highest BCUT2D eigenvalue weighted by atomic mass is 35.5. The van der Waals surface area contributed by atoms with Crippen LogP contribution in [0.25, 0.3) is 0 Å². The summed E-state index contributed by atoms with van der Waals surface area (Å²) >= 11 is 6.27. The summed E-state index contributed by atoms with van der Waals surface area (Å²) < 4.78 is 16.3. The van der Waals surface area contributed by atoms with Gasteiger partial charge in [0, 0.05) is 12.1 Å². The summed E-state index contributed by atoms with van der Waals surface area (Å²) in [6, 6.07) is 2.00. The molecular weight excluding hydrogens is 350 g/mol. The van der Waals surface area contributed by atoms with Gasteiger partial charge >= 0.3 is 5.97 Å². The minimum Gasteiger partial charge on any atom is -0.490 e. The molecule has 2 rings (SSSR count). The lowest BCUT2D eigenvalue weighted by Crippen LogP contribution is -2.52. The topological polar surface area (TPSA) is 85.3 Å². The molecule has 0 saturated carbocycles. The predicted octanol–water partition coefficient (Wildman–Crippen LogP) is 2.45. The lowest BCUT2D eigenvalue weighted by Gasteiger charge is -2.33. The van der Waals surface area contributed by atoms with Crippen LogP contribution in [0.4, 0.5) is 0 Å². The molecule has 25 heavy (non-hydrogen) atoms. The summed E-state index contributed by atoms with van der Waals surface area (Å²) in [5.74, 6) is -0.779. The fourth-order valence-corrected chi connectivity index (χ4v) is 2.78. The Bertz CT molecular complexity index is 636. The molecule has 0 bridgehead atoms. The number of nitrogens with zero attached hydrogens (tertiary/aromatic N) is 1. The van der Waals surface area contributed by atoms with Crippen molar-refractivity contribution >= 4 is 23.5 Å². The molecule has 1 unspecified atom stereocenters. The zero-order valence-corrected chi connectivity index (χ0v) is 15.0. The van der Waals surface area contributed by atoms with E-state index in [2.05, 4.69) is 0 Å². The van der Waals surface area contributed by atoms with Crippen LogP contribution >= 0.6 is 11.6 Å². The highest BCUT2D eigenvalue weighted by Crippen LogP contribution is 2.37. The summed E-state index contributed by atoms with van der Waals surface area (Å²) in [5.41, 5.74) is 0.255. The van der Waals surface area contributed by atoms with Crippen LogP contribution in [0.3, 0.4) is 0 Å². The molecule has 1 atom stereocenters. The van der Waals surface area contributed by atoms with Crippen LogP contribution < -0.4 is 9.47 Å². The van der Waals surface area contributed by atoms with Crippen LogP contribution in [0.1, 0.15) is 30.6 Å². The molecule has 0 aliphatic carbocycles. The molecule has 1 N–H and O–H groups in total. The van der Waals surface area contributed by atoms with Crippen LogP contribution in [-0.4, -0.2) is 60.9 Å². The third-order valence-electron chi connectivity index (χ3n) is 3.68. The van der Waals surface area contributed by atoms with Gasteiger partial charge in [0.15, 0.2) is 17.5 Å². The third-order valence-corrected chi connectivity index (χ3v) is 3.96. The second kappa shape index (κ2) is 8.92. The Morgan fingerprint density at radius 2 is 2.12 bits per heavy atom. The summed E-state index contributed by atoms with van der Waals surface area (Å²) in [4.78, 5) is 25.4. The lowest BCUT2D eigenvalue weighted by atomic mass is 10.1. The Hall–Kier alpha value is -1.99. The second-order valence-corrected chi connectivity index (χ2v) is 5.90. The van der Waals surface area contributed by atoms with Gasteiger partial charge < -0.3 is 24.2 Å². The number of hydrogen-bond donors (Lipinski definition) is 1. The summed E-state index contributed by atoms with van der Waals surface area (Å²) in [5, 5.41) is 9.55. The van der Waals surface area contributed by atoms with E-state index in [0.717, 1.165) is 6.42 Å². The van der Waals surface area contributed by atoms with Gasteiger partial charge in [-0.05, 0) is 25.5 Å². The first kappa shape index (κ1) is 19.3. The second-order valence-electron chi connectivity index (χ2n) is 5.49. The first-order valence-electron chi connectivity index (χ1n) is 8.20. The maximum atomic E-state index is 12.8. The number of carboxylic acids is 1. The fraction of sp³-hybridized carbons (Fsp3) is 0.529. The number of benzene rings is 1. The first-order chi connectivity index (χ1) is 12.0. The van der Waals surface area contributed by atoms with Gasteiger partial charge in [0.1, 0.15) is 0 Å². The van der Waals surface area contributed by atoms with E-state index < -0.39 is 17.9 Å². The van der Waals surface area contributed by atoms with Crippen molar-refractivity contribution in [1.82, 2.24) is 4.90 Å². The number of amides is 1. The molecule has 1 amide bonds. The van der Waals surface area contributed by atoms with E-state index in [1.165, 1.54) is 17.0 Å². The molecule has 1 aliphatic heterocycles. The SMILES string of the molecule is CCCOc1c(Cl)cc(C(=O)N2CCOCC2C(=O)O)cc1OCC. The molecule has 0 radical (unpaired) electrons. The van der Waals surface area contributed by atoms with E-state index in [1.54, 1.807) is 0 Å². The normalized spacial score (nSPS) is 17.2. The molecule has 0 spiro atoms. The maximum Gasteiger partial charge on any atom is 0.328 e. The Labute approximate surface area is 151 Å². The van der Waals surface area contributed by atoms with Crippen molar-refractivity contribution in [3.05, 3.63) is 22.7 Å². The van der Waals surface area contributed by atoms with E-state index in [9.17, 15) is 14.7 Å². The van der Waals surface area contributed by atoms with Crippen molar-refractivity contribution < 1.29 is 28.9 Å². The number of carboxylic acid groups (broad SMARTS) is 1. The van der Waals surface area contributed by atoms with Crippen molar-refractivity contribution in [3.8, 4) is 11.5 Å². The van der Waals surface area contributed by atoms with Gasteiger partial charge in [-0.2, -0.15) is 0 Å². The van der Waals surface area contributed by atoms with E-state index in [0.29, 0.717) is 31.3 Å². The quantitative estimate of drug-likeness (QED) is 0.792. The standard InChI is InChI=1S/C17H22ClNO6/c1-3-6-25-15-12(18)8-11(9-14(15)24-4-2)16(20)19-5-7-23-10-13(19)17(21)22/h8-9,13H,3-7,10H2,1-2H3,(H,21,22). The Morgan fingerprint density at radius 3 is 2.76 bits per heavy atom. The zero-order chi connectivity index (χ0) is 18.4. The highest BCUT2D eigenvalue weighted by molar-refractivity contribution is 6.32. The molecule has 1 heterocycles. The molecule has 1 aliphatic rings. The van der Waals surface area contributed by atoms with Crippen LogP contribution in [0, 0.1) is 0 Å². The van der Waals surface area contributed by atoms with Crippen molar-refractivity contribution in [1.29, 1.82) is 0 Å². The first-order valence-corrected chi connectivity index (χ1v) is 8.58. The Morgan fingerprint density at radius 1 is 1.36 bits per heavy atom. The van der Waals surface area contributed by atoms with Crippen LogP contribution in [-0.2, 0) is 9.53 Å². The minimum absolute atomic E-state index is 0.0369. The smallest absolute Gasteiger partial charge is 0.328 e. The van der Waals surface area contributed by atoms with Crippen molar-refractivity contribution in [2.75, 3.05) is 33.0 Å². The van der Waals surface area contributed by atoms with Gasteiger partial charge in [-0.25, -0.2) is 4.79 Å². The molecule has 138 valence electrons. The number of carbonyl (C=O) groups is 2. The number of ether oxygens (including phenoxy) is 3. The largest absolute Gasteiger partial charge is 0.490 e. The van der Waals surface area contributed by atoms with E-state index in [4.69, 9.17) is 25.8 Å². The minimum atomic E-state index is -1.10. The van der Waals surface area contributed by atoms with Gasteiger partial charge in [0.2, 0.25) is 0 Å². The number of halogens is 1. The number of carbonyl (C=O) groups excluding carboxylic acids is 1.